The molecular weight excluding hydrogens is 441 g/mol. The second-order valence-corrected chi connectivity index (χ2v) is 40.8. The molecule has 2 unspecified atom stereocenters. The van der Waals surface area contributed by atoms with Crippen LogP contribution in [0.25, 0.3) is 0 Å². The van der Waals surface area contributed by atoms with Gasteiger partial charge in [0.05, 0.1) is 15.7 Å². The minimum atomic E-state index is -2.12. The number of hydrogen-bond donors (Lipinski definition) is 0. The molecule has 178 valence electrons. The van der Waals surface area contributed by atoms with Crippen LogP contribution >= 0.6 is 0 Å². The van der Waals surface area contributed by atoms with E-state index < -0.39 is 31.8 Å². The van der Waals surface area contributed by atoms with Crippen molar-refractivity contribution in [3.8, 4) is 0 Å². The lowest BCUT2D eigenvalue weighted by molar-refractivity contribution is -0.0636. The van der Waals surface area contributed by atoms with E-state index in [9.17, 15) is 0 Å². The zero-order chi connectivity index (χ0) is 23.5. The van der Waals surface area contributed by atoms with Crippen LogP contribution in [-0.4, -0.2) is 31.8 Å². The van der Waals surface area contributed by atoms with Gasteiger partial charge in [-0.1, -0.05) is 71.3 Å². The Morgan fingerprint density at radius 1 is 0.806 bits per heavy atom. The van der Waals surface area contributed by atoms with Gasteiger partial charge in [-0.15, -0.1) is 0 Å². The molecule has 0 aromatic carbocycles. The zero-order valence-corrected chi connectivity index (χ0v) is 27.0. The molecule has 4 saturated carbocycles. The van der Waals surface area contributed by atoms with Crippen LogP contribution < -0.4 is 0 Å². The molecule has 0 aromatic rings. The first-order valence-corrected chi connectivity index (χ1v) is 26.5. The van der Waals surface area contributed by atoms with Gasteiger partial charge in [-0.25, -0.2) is 0 Å². The molecule has 0 saturated heterocycles. The summed E-state index contributed by atoms with van der Waals surface area (Å²) >= 11 is 0. The van der Waals surface area contributed by atoms with Gasteiger partial charge in [0.25, 0.3) is 0 Å². The quantitative estimate of drug-likeness (QED) is 0.349. The Bertz CT molecular complexity index is 738. The van der Waals surface area contributed by atoms with Crippen molar-refractivity contribution in [2.24, 2.45) is 28.6 Å². The molecule has 0 spiro atoms. The Hall–Kier alpha value is 0.568. The SMILES string of the molecule is CC(C)(C)C1=CC(C23CC4CC(CC(C4)C2)C3)([Si](C)(C)C)[Si]1(O[Si](C)(C)C)[Si](C)(C)C. The average Bonchev–Trinajstić information content (AvgIpc) is 2.45. The van der Waals surface area contributed by atoms with Crippen molar-refractivity contribution in [2.75, 3.05) is 0 Å². The van der Waals surface area contributed by atoms with Gasteiger partial charge in [-0.05, 0) is 86.7 Å². The minimum absolute atomic E-state index is 0.248. The third-order valence-electron chi connectivity index (χ3n) is 9.68. The first-order chi connectivity index (χ1) is 13.8. The third-order valence-corrected chi connectivity index (χ3v) is 35.2. The van der Waals surface area contributed by atoms with Crippen LogP contribution in [0.4, 0.5) is 0 Å². The Morgan fingerprint density at radius 2 is 1.23 bits per heavy atom. The van der Waals surface area contributed by atoms with Crippen LogP contribution in [0.15, 0.2) is 11.3 Å². The molecule has 4 fully saturated rings. The zero-order valence-electron chi connectivity index (χ0n) is 23.0. The van der Waals surface area contributed by atoms with Crippen LogP contribution in [0, 0.1) is 28.6 Å². The van der Waals surface area contributed by atoms with E-state index in [0.717, 1.165) is 17.8 Å². The second-order valence-electron chi connectivity index (χ2n) is 16.2. The van der Waals surface area contributed by atoms with Crippen LogP contribution in [0.3, 0.4) is 0 Å². The summed E-state index contributed by atoms with van der Waals surface area (Å²) in [6.45, 7) is 31.4. The van der Waals surface area contributed by atoms with Crippen molar-refractivity contribution in [3.63, 3.8) is 0 Å². The van der Waals surface area contributed by atoms with E-state index in [2.05, 4.69) is 85.8 Å². The maximum atomic E-state index is 7.90. The van der Waals surface area contributed by atoms with E-state index in [1.807, 2.05) is 5.20 Å². The van der Waals surface area contributed by atoms with Crippen LogP contribution in [0.5, 0.6) is 0 Å². The van der Waals surface area contributed by atoms with E-state index in [4.69, 9.17) is 4.12 Å². The van der Waals surface area contributed by atoms with Gasteiger partial charge < -0.3 is 4.12 Å². The van der Waals surface area contributed by atoms with Gasteiger partial charge in [-0.3, -0.25) is 0 Å². The van der Waals surface area contributed by atoms with Crippen molar-refractivity contribution in [1.29, 1.82) is 0 Å². The van der Waals surface area contributed by atoms with Gasteiger partial charge in [-0.2, -0.15) is 0 Å². The second kappa shape index (κ2) is 6.83. The summed E-state index contributed by atoms with van der Waals surface area (Å²) in [5.41, 5.74) is 0.810. The summed E-state index contributed by atoms with van der Waals surface area (Å²) in [5.74, 6) is 3.06. The van der Waals surface area contributed by atoms with Gasteiger partial charge in [0, 0.05) is 4.66 Å². The Kier molecular flexibility index (Phi) is 5.44. The normalized spacial score (nSPS) is 43.1. The Morgan fingerprint density at radius 3 is 1.52 bits per heavy atom. The first-order valence-electron chi connectivity index (χ1n) is 13.2. The Balaban J connectivity index is 2.04. The molecule has 1 heterocycles. The molecule has 0 amide bonds. The summed E-state index contributed by atoms with van der Waals surface area (Å²) < 4.78 is 8.34. The molecule has 5 aliphatic rings. The molecule has 0 radical (unpaired) electrons. The highest BCUT2D eigenvalue weighted by molar-refractivity contribution is 7.47. The molecule has 1 aliphatic heterocycles. The number of allylic oxidation sites excluding steroid dienone is 2. The van der Waals surface area contributed by atoms with Crippen LogP contribution in [0.2, 0.25) is 63.6 Å². The first kappa shape index (κ1) is 24.7. The van der Waals surface area contributed by atoms with Crippen molar-refractivity contribution in [2.45, 2.75) is 123 Å². The van der Waals surface area contributed by atoms with E-state index >= 15 is 0 Å². The van der Waals surface area contributed by atoms with Crippen molar-refractivity contribution in [1.82, 2.24) is 0 Å². The molecule has 5 heteroatoms. The highest BCUT2D eigenvalue weighted by Gasteiger charge is 2.81. The number of hydrogen-bond acceptors (Lipinski definition) is 1. The lowest BCUT2D eigenvalue weighted by Gasteiger charge is -2.77. The molecule has 0 aromatic heterocycles. The summed E-state index contributed by atoms with van der Waals surface area (Å²) in [7, 11) is -6.96. The van der Waals surface area contributed by atoms with Crippen LogP contribution in [-0.2, 0) is 4.12 Å². The van der Waals surface area contributed by atoms with Gasteiger partial charge >= 0.3 is 0 Å². The lowest BCUT2D eigenvalue weighted by Crippen LogP contribution is -2.84. The fraction of sp³-hybridized carbons (Fsp3) is 0.923. The molecule has 5 rings (SSSR count). The van der Waals surface area contributed by atoms with Gasteiger partial charge in [0.1, 0.15) is 0 Å². The van der Waals surface area contributed by atoms with Crippen LogP contribution in [0.1, 0.15) is 59.3 Å². The molecule has 0 N–H and O–H groups in total. The molecule has 4 bridgehead atoms. The average molecular weight is 493 g/mol. The minimum Gasteiger partial charge on any atom is -0.454 e. The lowest BCUT2D eigenvalue weighted by atomic mass is 9.48. The third kappa shape index (κ3) is 3.33. The highest BCUT2D eigenvalue weighted by Crippen LogP contribution is 2.80. The van der Waals surface area contributed by atoms with E-state index in [-0.39, 0.29) is 5.41 Å². The van der Waals surface area contributed by atoms with Gasteiger partial charge in [0.2, 0.25) is 7.83 Å². The topological polar surface area (TPSA) is 9.23 Å². The monoisotopic (exact) mass is 492 g/mol. The largest absolute Gasteiger partial charge is 0.454 e. The molecular formula is C26H52OSi4. The maximum absolute atomic E-state index is 7.90. The Labute approximate surface area is 198 Å². The smallest absolute Gasteiger partial charge is 0.201 e. The fourth-order valence-electron chi connectivity index (χ4n) is 9.70. The summed E-state index contributed by atoms with van der Waals surface area (Å²) in [6.07, 6.45) is 12.2. The molecule has 4 aliphatic carbocycles. The highest BCUT2D eigenvalue weighted by atomic mass is 29.3. The summed E-state index contributed by atoms with van der Waals surface area (Å²) in [5, 5.41) is 1.83. The predicted molar refractivity (Wildman–Crippen MR) is 148 cm³/mol. The standard InChI is InChI=1S/C26H52OSi4/c1-24(2,3)23-19-26(28(4,5)6,31(23,30(10,11)12)27-29(7,8)9)25-16-20-13-21(17-25)15-22(14-20)18-25/h19-22H,13-18H2,1-12H3. The van der Waals surface area contributed by atoms with E-state index in [1.165, 1.54) is 19.3 Å². The number of rotatable bonds is 5. The van der Waals surface area contributed by atoms with E-state index in [0.29, 0.717) is 10.1 Å². The fourth-order valence-corrected chi connectivity index (χ4v) is 49.0. The maximum Gasteiger partial charge on any atom is 0.201 e. The summed E-state index contributed by atoms with van der Waals surface area (Å²) in [6, 6.07) is 0. The molecule has 2 atom stereocenters. The molecule has 1 nitrogen and oxygen atoms in total. The molecule has 31 heavy (non-hydrogen) atoms. The van der Waals surface area contributed by atoms with Crippen molar-refractivity contribution in [3.05, 3.63) is 11.3 Å². The predicted octanol–water partition coefficient (Wildman–Crippen LogP) is 8.56. The van der Waals surface area contributed by atoms with E-state index in [1.54, 1.807) is 19.3 Å². The van der Waals surface area contributed by atoms with Crippen molar-refractivity contribution < 1.29 is 4.12 Å². The van der Waals surface area contributed by atoms with Gasteiger partial charge in [0.15, 0.2) is 8.32 Å². The van der Waals surface area contributed by atoms with Crippen molar-refractivity contribution >= 4 is 31.8 Å². The summed E-state index contributed by atoms with van der Waals surface area (Å²) in [4.78, 5) is 0.